The van der Waals surface area contributed by atoms with Gasteiger partial charge in [0.25, 0.3) is 5.69 Å². The van der Waals surface area contributed by atoms with Crippen LogP contribution in [-0.4, -0.2) is 15.7 Å². The van der Waals surface area contributed by atoms with E-state index in [4.69, 9.17) is 11.6 Å². The smallest absolute Gasteiger partial charge is 0.294 e. The van der Waals surface area contributed by atoms with E-state index in [1.807, 2.05) is 24.3 Å². The van der Waals surface area contributed by atoms with Crippen LogP contribution in [0.3, 0.4) is 0 Å². The van der Waals surface area contributed by atoms with Crippen LogP contribution in [0, 0.1) is 10.1 Å². The van der Waals surface area contributed by atoms with Crippen LogP contribution in [0.5, 0.6) is 0 Å². The number of benzene rings is 2. The van der Waals surface area contributed by atoms with Crippen molar-refractivity contribution in [3.05, 3.63) is 69.4 Å². The highest BCUT2D eigenvalue weighted by Gasteiger charge is 2.14. The molecule has 1 heterocycles. The van der Waals surface area contributed by atoms with Crippen LogP contribution in [-0.2, 0) is 6.54 Å². The van der Waals surface area contributed by atoms with Crippen LogP contribution in [0.15, 0.2) is 53.6 Å². The number of nitrogens with zero attached hydrogens (tertiary/aromatic N) is 3. The van der Waals surface area contributed by atoms with Crippen molar-refractivity contribution < 1.29 is 4.92 Å². The lowest BCUT2D eigenvalue weighted by Gasteiger charge is -2.06. The zero-order valence-electron chi connectivity index (χ0n) is 15.1. The van der Waals surface area contributed by atoms with E-state index in [9.17, 15) is 10.1 Å². The molecule has 1 aromatic heterocycles. The lowest BCUT2D eigenvalue weighted by molar-refractivity contribution is -0.384. The van der Waals surface area contributed by atoms with Gasteiger partial charge in [-0.15, -0.1) is 0 Å². The molecular weight excluding hydrogens is 364 g/mol. The molecule has 0 fully saturated rings. The maximum atomic E-state index is 11.1. The predicted molar refractivity (Wildman–Crippen MR) is 111 cm³/mol. The molecule has 0 spiro atoms. The van der Waals surface area contributed by atoms with Gasteiger partial charge in [0.05, 0.1) is 11.1 Å². The number of nitro groups is 1. The summed E-state index contributed by atoms with van der Waals surface area (Å²) in [5.41, 5.74) is 4.93. The summed E-state index contributed by atoms with van der Waals surface area (Å²) < 4.78 is 2.10. The highest BCUT2D eigenvalue weighted by atomic mass is 35.5. The number of rotatable bonds is 8. The summed E-state index contributed by atoms with van der Waals surface area (Å²) in [6.07, 6.45) is 4.97. The number of anilines is 1. The van der Waals surface area contributed by atoms with Crippen LogP contribution in [0.25, 0.3) is 10.9 Å². The second-order valence-electron chi connectivity index (χ2n) is 6.22. The Hall–Kier alpha value is -2.86. The molecule has 1 N–H and O–H groups in total. The number of halogens is 1. The molecule has 0 radical (unpaired) electrons. The van der Waals surface area contributed by atoms with E-state index < -0.39 is 4.92 Å². The highest BCUT2D eigenvalue weighted by molar-refractivity contribution is 6.34. The van der Waals surface area contributed by atoms with Gasteiger partial charge >= 0.3 is 0 Å². The Morgan fingerprint density at radius 1 is 1.19 bits per heavy atom. The fourth-order valence-electron chi connectivity index (χ4n) is 3.05. The molecule has 0 aliphatic rings. The van der Waals surface area contributed by atoms with Crippen LogP contribution >= 0.6 is 11.6 Å². The van der Waals surface area contributed by atoms with E-state index in [0.29, 0.717) is 10.8 Å². The van der Waals surface area contributed by atoms with Gasteiger partial charge in [-0.05, 0) is 18.6 Å². The molecule has 7 heteroatoms. The van der Waals surface area contributed by atoms with Crippen molar-refractivity contribution in [3.8, 4) is 0 Å². The molecule has 0 saturated heterocycles. The van der Waals surface area contributed by atoms with Crippen molar-refractivity contribution >= 4 is 40.1 Å². The summed E-state index contributed by atoms with van der Waals surface area (Å²) in [6, 6.07) is 14.4. The summed E-state index contributed by atoms with van der Waals surface area (Å²) in [5, 5.41) is 16.9. The fourth-order valence-corrected chi connectivity index (χ4v) is 3.38. The third kappa shape index (κ3) is 4.11. The van der Waals surface area contributed by atoms with Gasteiger partial charge in [-0.2, -0.15) is 5.10 Å². The standard InChI is InChI=1S/C20H21ClN4O2/c1-2-3-8-13-24-18-11-6-4-9-15(18)16(20(24)21)14-22-23-17-10-5-7-12-19(17)25(26)27/h4-7,9-12,14,23H,2-3,8,13H2,1H3. The lowest BCUT2D eigenvalue weighted by atomic mass is 10.2. The maximum absolute atomic E-state index is 11.1. The molecule has 0 bridgehead atoms. The molecule has 0 aliphatic carbocycles. The Labute approximate surface area is 162 Å². The van der Waals surface area contributed by atoms with Gasteiger partial charge in [0.15, 0.2) is 0 Å². The fraction of sp³-hybridized carbons (Fsp3) is 0.250. The number of hydrazone groups is 1. The molecule has 0 amide bonds. The minimum Gasteiger partial charge on any atom is -0.331 e. The second kappa shape index (κ2) is 8.68. The number of hydrogen-bond acceptors (Lipinski definition) is 4. The zero-order chi connectivity index (χ0) is 19.2. The number of fused-ring (bicyclic) bond motifs is 1. The van der Waals surface area contributed by atoms with Crippen molar-refractivity contribution in [1.82, 2.24) is 4.57 Å². The van der Waals surface area contributed by atoms with Crippen molar-refractivity contribution in [2.45, 2.75) is 32.7 Å². The van der Waals surface area contributed by atoms with Crippen LogP contribution in [0.1, 0.15) is 31.7 Å². The molecule has 3 rings (SSSR count). The molecule has 0 aliphatic heterocycles. The van der Waals surface area contributed by atoms with Gasteiger partial charge in [0.1, 0.15) is 10.8 Å². The molecule has 3 aromatic rings. The van der Waals surface area contributed by atoms with E-state index in [-0.39, 0.29) is 5.69 Å². The number of nitrogens with one attached hydrogen (secondary N) is 1. The molecule has 140 valence electrons. The average molecular weight is 385 g/mol. The average Bonchev–Trinajstić information content (AvgIpc) is 2.94. The van der Waals surface area contributed by atoms with Gasteiger partial charge in [-0.3, -0.25) is 15.5 Å². The Bertz CT molecular complexity index is 981. The van der Waals surface area contributed by atoms with Gasteiger partial charge in [0.2, 0.25) is 0 Å². The molecule has 0 saturated carbocycles. The molecule has 2 aromatic carbocycles. The lowest BCUT2D eigenvalue weighted by Crippen LogP contribution is -1.98. The molecule has 27 heavy (non-hydrogen) atoms. The maximum Gasteiger partial charge on any atom is 0.294 e. The summed E-state index contributed by atoms with van der Waals surface area (Å²) in [4.78, 5) is 10.7. The first-order valence-corrected chi connectivity index (χ1v) is 9.30. The van der Waals surface area contributed by atoms with Crippen molar-refractivity contribution in [3.63, 3.8) is 0 Å². The topological polar surface area (TPSA) is 72.5 Å². The number of para-hydroxylation sites is 3. The van der Waals surface area contributed by atoms with Gasteiger partial charge in [-0.25, -0.2) is 0 Å². The SMILES string of the molecule is CCCCCn1c(Cl)c(C=NNc2ccccc2[N+](=O)[O-])c2ccccc21. The third-order valence-electron chi connectivity index (χ3n) is 4.41. The summed E-state index contributed by atoms with van der Waals surface area (Å²) in [5.74, 6) is 0. The number of aryl methyl sites for hydroxylation is 1. The van der Waals surface area contributed by atoms with E-state index >= 15 is 0 Å². The largest absolute Gasteiger partial charge is 0.331 e. The van der Waals surface area contributed by atoms with E-state index in [2.05, 4.69) is 22.0 Å². The van der Waals surface area contributed by atoms with Crippen LogP contribution in [0.4, 0.5) is 11.4 Å². The second-order valence-corrected chi connectivity index (χ2v) is 6.58. The minimum absolute atomic E-state index is 0.0252. The number of nitro benzene ring substituents is 1. The van der Waals surface area contributed by atoms with Gasteiger partial charge in [0, 0.05) is 29.1 Å². The summed E-state index contributed by atoms with van der Waals surface area (Å²) in [6.45, 7) is 3.01. The first-order valence-electron chi connectivity index (χ1n) is 8.92. The number of hydrogen-bond donors (Lipinski definition) is 1. The number of unbranched alkanes of at least 4 members (excludes halogenated alkanes) is 2. The molecular formula is C20H21ClN4O2. The monoisotopic (exact) mass is 384 g/mol. The Morgan fingerprint density at radius 2 is 1.93 bits per heavy atom. The van der Waals surface area contributed by atoms with Crippen molar-refractivity contribution in [1.29, 1.82) is 0 Å². The summed E-state index contributed by atoms with van der Waals surface area (Å²) >= 11 is 6.63. The third-order valence-corrected chi connectivity index (χ3v) is 4.82. The summed E-state index contributed by atoms with van der Waals surface area (Å²) in [7, 11) is 0. The van der Waals surface area contributed by atoms with Gasteiger partial charge < -0.3 is 4.57 Å². The zero-order valence-corrected chi connectivity index (χ0v) is 15.8. The normalized spacial score (nSPS) is 11.3. The first kappa shape index (κ1) is 18.9. The number of aromatic nitrogens is 1. The Balaban J connectivity index is 1.90. The van der Waals surface area contributed by atoms with E-state index in [1.54, 1.807) is 24.4 Å². The Kier molecular flexibility index (Phi) is 6.08. The predicted octanol–water partition coefficient (Wildman–Crippen LogP) is 5.84. The molecule has 0 unspecified atom stereocenters. The molecule has 0 atom stereocenters. The first-order chi connectivity index (χ1) is 13.1. The van der Waals surface area contributed by atoms with Crippen LogP contribution in [0.2, 0.25) is 5.15 Å². The van der Waals surface area contributed by atoms with E-state index in [1.165, 1.54) is 6.07 Å². The Morgan fingerprint density at radius 3 is 2.70 bits per heavy atom. The molecule has 6 nitrogen and oxygen atoms in total. The van der Waals surface area contributed by atoms with Crippen molar-refractivity contribution in [2.24, 2.45) is 5.10 Å². The van der Waals surface area contributed by atoms with Crippen molar-refractivity contribution in [2.75, 3.05) is 5.43 Å². The van der Waals surface area contributed by atoms with Crippen LogP contribution < -0.4 is 5.43 Å². The quantitative estimate of drug-likeness (QED) is 0.229. The minimum atomic E-state index is -0.440. The van der Waals surface area contributed by atoms with Gasteiger partial charge in [-0.1, -0.05) is 61.7 Å². The highest BCUT2D eigenvalue weighted by Crippen LogP contribution is 2.30. The van der Waals surface area contributed by atoms with E-state index in [0.717, 1.165) is 42.3 Å².